The molecule has 0 atom stereocenters. The Labute approximate surface area is 126 Å². The van der Waals surface area contributed by atoms with Crippen molar-refractivity contribution in [3.8, 4) is 0 Å². The molecule has 0 radical (unpaired) electrons. The molecule has 0 bridgehead atoms. The van der Waals surface area contributed by atoms with Crippen LogP contribution in [0.5, 0.6) is 0 Å². The highest BCUT2D eigenvalue weighted by Gasteiger charge is 2.28. The standard InChI is InChI=1S/C15H28N2O2S/c18-14(11-20-13-5-9-16-10-6-13)17-12-15(19)7-3-1-2-4-8-15/h13,16,19H,1-12H2,(H,17,18). The van der Waals surface area contributed by atoms with Crippen molar-refractivity contribution in [2.24, 2.45) is 0 Å². The Bertz CT molecular complexity index is 298. The summed E-state index contributed by atoms with van der Waals surface area (Å²) < 4.78 is 0. The SMILES string of the molecule is O=C(CSC1CCNCC1)NCC1(O)CCCCCC1. The van der Waals surface area contributed by atoms with Crippen molar-refractivity contribution in [2.45, 2.75) is 62.2 Å². The largest absolute Gasteiger partial charge is 0.388 e. The van der Waals surface area contributed by atoms with Gasteiger partial charge < -0.3 is 15.7 Å². The predicted octanol–water partition coefficient (Wildman–Crippen LogP) is 1.67. The molecule has 2 rings (SSSR count). The molecule has 0 aromatic heterocycles. The molecule has 116 valence electrons. The summed E-state index contributed by atoms with van der Waals surface area (Å²) >= 11 is 1.76. The summed E-state index contributed by atoms with van der Waals surface area (Å²) in [6, 6.07) is 0. The molecular weight excluding hydrogens is 272 g/mol. The number of aliphatic hydroxyl groups is 1. The third-order valence-electron chi connectivity index (χ3n) is 4.39. The predicted molar refractivity (Wildman–Crippen MR) is 84.0 cm³/mol. The van der Waals surface area contributed by atoms with E-state index in [1.165, 1.54) is 12.8 Å². The van der Waals surface area contributed by atoms with Crippen molar-refractivity contribution in [3.63, 3.8) is 0 Å². The van der Waals surface area contributed by atoms with E-state index in [0.29, 0.717) is 17.5 Å². The lowest BCUT2D eigenvalue weighted by atomic mass is 9.94. The summed E-state index contributed by atoms with van der Waals surface area (Å²) in [6.45, 7) is 2.57. The highest BCUT2D eigenvalue weighted by molar-refractivity contribution is 8.00. The van der Waals surface area contributed by atoms with Crippen LogP contribution in [0.25, 0.3) is 0 Å². The van der Waals surface area contributed by atoms with Crippen LogP contribution in [0, 0.1) is 0 Å². The summed E-state index contributed by atoms with van der Waals surface area (Å²) in [5, 5.41) is 17.4. The van der Waals surface area contributed by atoms with Crippen LogP contribution in [-0.2, 0) is 4.79 Å². The zero-order chi connectivity index (χ0) is 14.3. The fraction of sp³-hybridized carbons (Fsp3) is 0.933. The molecule has 1 aliphatic heterocycles. The number of carbonyl (C=O) groups excluding carboxylic acids is 1. The van der Waals surface area contributed by atoms with Gasteiger partial charge in [-0.3, -0.25) is 4.79 Å². The summed E-state index contributed by atoms with van der Waals surface area (Å²) in [6.07, 6.45) is 8.54. The van der Waals surface area contributed by atoms with Gasteiger partial charge in [-0.15, -0.1) is 11.8 Å². The van der Waals surface area contributed by atoms with Crippen molar-refractivity contribution in [2.75, 3.05) is 25.4 Å². The molecule has 2 fully saturated rings. The van der Waals surface area contributed by atoms with Gasteiger partial charge in [0, 0.05) is 11.8 Å². The van der Waals surface area contributed by atoms with Gasteiger partial charge in [0.1, 0.15) is 0 Å². The van der Waals surface area contributed by atoms with Crippen LogP contribution in [-0.4, -0.2) is 47.3 Å². The van der Waals surface area contributed by atoms with Crippen molar-refractivity contribution < 1.29 is 9.90 Å². The van der Waals surface area contributed by atoms with E-state index in [0.717, 1.165) is 51.6 Å². The Balaban J connectivity index is 1.63. The van der Waals surface area contributed by atoms with Gasteiger partial charge in [0.15, 0.2) is 0 Å². The van der Waals surface area contributed by atoms with Crippen LogP contribution in [0.4, 0.5) is 0 Å². The van der Waals surface area contributed by atoms with Crippen LogP contribution >= 0.6 is 11.8 Å². The van der Waals surface area contributed by atoms with Gasteiger partial charge in [-0.05, 0) is 38.8 Å². The van der Waals surface area contributed by atoms with Crippen LogP contribution in [0.1, 0.15) is 51.4 Å². The smallest absolute Gasteiger partial charge is 0.230 e. The molecule has 1 saturated carbocycles. The highest BCUT2D eigenvalue weighted by Crippen LogP contribution is 2.26. The maximum Gasteiger partial charge on any atom is 0.230 e. The Morgan fingerprint density at radius 3 is 2.50 bits per heavy atom. The quantitative estimate of drug-likeness (QED) is 0.676. The first-order chi connectivity index (χ1) is 9.68. The van der Waals surface area contributed by atoms with E-state index < -0.39 is 5.60 Å². The Kier molecular flexibility index (Phi) is 6.65. The van der Waals surface area contributed by atoms with Crippen molar-refractivity contribution >= 4 is 17.7 Å². The molecular formula is C15H28N2O2S. The van der Waals surface area contributed by atoms with Crippen LogP contribution in [0.2, 0.25) is 0 Å². The van der Waals surface area contributed by atoms with Crippen LogP contribution < -0.4 is 10.6 Å². The maximum absolute atomic E-state index is 11.9. The number of carbonyl (C=O) groups is 1. The molecule has 5 heteroatoms. The molecule has 2 aliphatic rings. The van der Waals surface area contributed by atoms with Crippen molar-refractivity contribution in [3.05, 3.63) is 0 Å². The Morgan fingerprint density at radius 2 is 1.85 bits per heavy atom. The fourth-order valence-electron chi connectivity index (χ4n) is 3.03. The van der Waals surface area contributed by atoms with E-state index in [1.54, 1.807) is 11.8 Å². The van der Waals surface area contributed by atoms with Crippen LogP contribution in [0.3, 0.4) is 0 Å². The molecule has 4 nitrogen and oxygen atoms in total. The van der Waals surface area contributed by atoms with Gasteiger partial charge in [0.05, 0.1) is 11.4 Å². The number of nitrogens with one attached hydrogen (secondary N) is 2. The van der Waals surface area contributed by atoms with E-state index >= 15 is 0 Å². The van der Waals surface area contributed by atoms with Gasteiger partial charge in [-0.25, -0.2) is 0 Å². The molecule has 0 aromatic rings. The second-order valence-electron chi connectivity index (χ2n) is 6.18. The lowest BCUT2D eigenvalue weighted by Gasteiger charge is -2.27. The molecule has 3 N–H and O–H groups in total. The average molecular weight is 300 g/mol. The minimum absolute atomic E-state index is 0.0752. The molecule has 1 aliphatic carbocycles. The second-order valence-corrected chi connectivity index (χ2v) is 7.46. The van der Waals surface area contributed by atoms with Crippen molar-refractivity contribution in [1.82, 2.24) is 10.6 Å². The monoisotopic (exact) mass is 300 g/mol. The van der Waals surface area contributed by atoms with E-state index in [2.05, 4.69) is 10.6 Å². The maximum atomic E-state index is 11.9. The first kappa shape index (κ1) is 16.1. The first-order valence-corrected chi connectivity index (χ1v) is 9.04. The summed E-state index contributed by atoms with van der Waals surface area (Å²) in [7, 11) is 0. The zero-order valence-electron chi connectivity index (χ0n) is 12.3. The number of thioether (sulfide) groups is 1. The van der Waals surface area contributed by atoms with E-state index in [4.69, 9.17) is 0 Å². The summed E-state index contributed by atoms with van der Waals surface area (Å²) in [4.78, 5) is 11.9. The lowest BCUT2D eigenvalue weighted by molar-refractivity contribution is -0.120. The summed E-state index contributed by atoms with van der Waals surface area (Å²) in [5.41, 5.74) is -0.661. The first-order valence-electron chi connectivity index (χ1n) is 7.99. The number of rotatable bonds is 5. The Hall–Kier alpha value is -0.260. The highest BCUT2D eigenvalue weighted by atomic mass is 32.2. The molecule has 1 saturated heterocycles. The molecule has 20 heavy (non-hydrogen) atoms. The molecule has 0 unspecified atom stereocenters. The van der Waals surface area contributed by atoms with E-state index in [1.807, 2.05) is 0 Å². The Morgan fingerprint density at radius 1 is 1.20 bits per heavy atom. The third-order valence-corrected chi connectivity index (χ3v) is 5.76. The minimum Gasteiger partial charge on any atom is -0.388 e. The molecule has 1 heterocycles. The van der Waals surface area contributed by atoms with E-state index in [-0.39, 0.29) is 5.91 Å². The van der Waals surface area contributed by atoms with E-state index in [9.17, 15) is 9.90 Å². The number of amides is 1. The normalized spacial score (nSPS) is 24.1. The van der Waals surface area contributed by atoms with Crippen LogP contribution in [0.15, 0.2) is 0 Å². The molecule has 0 spiro atoms. The molecule has 0 aromatic carbocycles. The summed E-state index contributed by atoms with van der Waals surface area (Å²) in [5.74, 6) is 0.604. The minimum atomic E-state index is -0.661. The fourth-order valence-corrected chi connectivity index (χ4v) is 4.09. The van der Waals surface area contributed by atoms with Crippen molar-refractivity contribution in [1.29, 1.82) is 0 Å². The number of piperidine rings is 1. The van der Waals surface area contributed by atoms with Gasteiger partial charge in [0.2, 0.25) is 5.91 Å². The van der Waals surface area contributed by atoms with Gasteiger partial charge in [-0.1, -0.05) is 25.7 Å². The van der Waals surface area contributed by atoms with Gasteiger partial charge in [0.25, 0.3) is 0 Å². The zero-order valence-corrected chi connectivity index (χ0v) is 13.1. The second kappa shape index (κ2) is 8.25. The average Bonchev–Trinajstić information content (AvgIpc) is 2.69. The lowest BCUT2D eigenvalue weighted by Crippen LogP contribution is -2.43. The van der Waals surface area contributed by atoms with Gasteiger partial charge >= 0.3 is 0 Å². The third kappa shape index (κ3) is 5.62. The number of hydrogen-bond donors (Lipinski definition) is 3. The number of hydrogen-bond acceptors (Lipinski definition) is 4. The van der Waals surface area contributed by atoms with Gasteiger partial charge in [-0.2, -0.15) is 0 Å². The molecule has 1 amide bonds. The topological polar surface area (TPSA) is 61.4 Å².